The molecule has 0 saturated heterocycles. The number of hydrogen-bond acceptors (Lipinski definition) is 6. The van der Waals surface area contributed by atoms with E-state index in [1.807, 2.05) is 68.4 Å². The molecule has 0 unspecified atom stereocenters. The number of ether oxygens (including phenoxy) is 2. The second kappa shape index (κ2) is 13.6. The highest BCUT2D eigenvalue weighted by Crippen LogP contribution is 2.33. The molecule has 0 aromatic heterocycles. The van der Waals surface area contributed by atoms with Gasteiger partial charge in [-0.3, -0.25) is 4.79 Å². The van der Waals surface area contributed by atoms with Crippen molar-refractivity contribution in [1.29, 1.82) is 0 Å². The minimum Gasteiger partial charge on any atom is -0.490 e. The number of aryl methyl sites for hydroxylation is 1. The Balaban J connectivity index is 1.61. The first-order valence-corrected chi connectivity index (χ1v) is 12.7. The highest BCUT2D eigenvalue weighted by atomic mass is 79.9. The molecule has 1 amide bonds. The zero-order valence-corrected chi connectivity index (χ0v) is 21.9. The summed E-state index contributed by atoms with van der Waals surface area (Å²) in [5.41, 5.74) is 9.68. The normalized spacial score (nSPS) is 11.5. The predicted molar refractivity (Wildman–Crippen MR) is 148 cm³/mol. The molecule has 0 aliphatic rings. The van der Waals surface area contributed by atoms with E-state index in [0.29, 0.717) is 39.2 Å². The summed E-state index contributed by atoms with van der Waals surface area (Å²) >= 11 is 4.93. The molecule has 0 aliphatic heterocycles. The number of amides is 1. The maximum atomic E-state index is 12.3. The van der Waals surface area contributed by atoms with E-state index in [2.05, 4.69) is 31.4 Å². The van der Waals surface area contributed by atoms with Crippen molar-refractivity contribution >= 4 is 50.7 Å². The smallest absolute Gasteiger partial charge is 0.262 e. The van der Waals surface area contributed by atoms with Crippen molar-refractivity contribution < 1.29 is 14.3 Å². The first-order chi connectivity index (χ1) is 16.9. The summed E-state index contributed by atoms with van der Waals surface area (Å²) in [6.45, 7) is 4.14. The van der Waals surface area contributed by atoms with Gasteiger partial charge in [-0.25, -0.2) is 0 Å². The average Bonchev–Trinajstić information content (AvgIpc) is 2.85. The number of hydrogen-bond donors (Lipinski definition) is 2. The van der Waals surface area contributed by atoms with Crippen LogP contribution in [0.25, 0.3) is 0 Å². The molecule has 3 rings (SSSR count). The van der Waals surface area contributed by atoms with Gasteiger partial charge in [0.25, 0.3) is 5.91 Å². The minimum atomic E-state index is -0.268. The molecule has 0 saturated carbocycles. The van der Waals surface area contributed by atoms with Gasteiger partial charge < -0.3 is 20.5 Å². The number of carbonyl (C=O) groups is 1. The monoisotopic (exact) mass is 554 g/mol. The molecular weight excluding hydrogens is 528 g/mol. The molecule has 3 N–H and O–H groups in total. The van der Waals surface area contributed by atoms with Gasteiger partial charge in [0.05, 0.1) is 12.8 Å². The van der Waals surface area contributed by atoms with Gasteiger partial charge in [0.2, 0.25) is 0 Å². The Morgan fingerprint density at radius 1 is 1.09 bits per heavy atom. The second-order valence-electron chi connectivity index (χ2n) is 7.41. The molecule has 0 fully saturated rings. The number of carbonyl (C=O) groups excluding carboxylic acids is 1. The first-order valence-electron chi connectivity index (χ1n) is 10.9. The summed E-state index contributed by atoms with van der Waals surface area (Å²) in [5, 5.41) is 11.3. The van der Waals surface area contributed by atoms with Gasteiger partial charge in [0, 0.05) is 21.5 Å². The van der Waals surface area contributed by atoms with Crippen molar-refractivity contribution in [2.24, 2.45) is 15.9 Å². The lowest BCUT2D eigenvalue weighted by Crippen LogP contribution is -2.20. The van der Waals surface area contributed by atoms with Crippen molar-refractivity contribution in [3.63, 3.8) is 0 Å². The van der Waals surface area contributed by atoms with Gasteiger partial charge in [0.1, 0.15) is 0 Å². The van der Waals surface area contributed by atoms with Crippen LogP contribution in [0.4, 0.5) is 5.69 Å². The third-order valence-corrected chi connectivity index (χ3v) is 6.18. The second-order valence-corrected chi connectivity index (χ2v) is 9.26. The number of thioether (sulfide) groups is 1. The third-order valence-electron chi connectivity index (χ3n) is 4.64. The molecule has 0 aliphatic carbocycles. The fourth-order valence-corrected chi connectivity index (χ4v) is 3.95. The summed E-state index contributed by atoms with van der Waals surface area (Å²) in [7, 11) is 0. The molecule has 0 atom stereocenters. The Bertz CT molecular complexity index is 1190. The molecule has 0 bridgehead atoms. The standard InChI is InChI=1S/C26H27BrN4O3S/c1-3-33-23-13-20(15-29-31-26(28)35-17-19-7-5-4-6-8-19)22(27)14-24(23)34-16-25(32)30-21-11-9-18(2)10-12-21/h4-15H,3,16-17H2,1-2H3,(H2,28,31)(H,30,32). The highest BCUT2D eigenvalue weighted by molar-refractivity contribution is 9.10. The van der Waals surface area contributed by atoms with Gasteiger partial charge in [-0.05, 0) is 59.6 Å². The number of amidine groups is 1. The lowest BCUT2D eigenvalue weighted by Gasteiger charge is -2.14. The topological polar surface area (TPSA) is 98.3 Å². The number of rotatable bonds is 10. The van der Waals surface area contributed by atoms with Crippen molar-refractivity contribution in [3.8, 4) is 11.5 Å². The van der Waals surface area contributed by atoms with Crippen LogP contribution in [0.3, 0.4) is 0 Å². The molecule has 0 radical (unpaired) electrons. The van der Waals surface area contributed by atoms with Crippen LogP contribution in [0.2, 0.25) is 0 Å². The molecular formula is C26H27BrN4O3S. The molecule has 182 valence electrons. The van der Waals surface area contributed by atoms with Crippen LogP contribution in [0.5, 0.6) is 11.5 Å². The van der Waals surface area contributed by atoms with Crippen LogP contribution in [0.15, 0.2) is 81.4 Å². The number of nitrogens with one attached hydrogen (secondary N) is 1. The largest absolute Gasteiger partial charge is 0.490 e. The molecule has 0 heterocycles. The summed E-state index contributed by atoms with van der Waals surface area (Å²) < 4.78 is 12.2. The van der Waals surface area contributed by atoms with Crippen LogP contribution >= 0.6 is 27.7 Å². The molecule has 3 aromatic rings. The number of benzene rings is 3. The lowest BCUT2D eigenvalue weighted by atomic mass is 10.2. The van der Waals surface area contributed by atoms with E-state index in [1.54, 1.807) is 18.3 Å². The number of halogens is 1. The Labute approximate surface area is 217 Å². The third kappa shape index (κ3) is 8.77. The fraction of sp³-hybridized carbons (Fsp3) is 0.192. The quantitative estimate of drug-likeness (QED) is 0.189. The molecule has 3 aromatic carbocycles. The van der Waals surface area contributed by atoms with Crippen LogP contribution in [-0.4, -0.2) is 30.5 Å². The van der Waals surface area contributed by atoms with E-state index in [1.165, 1.54) is 11.8 Å². The van der Waals surface area contributed by atoms with Crippen molar-refractivity contribution in [2.75, 3.05) is 18.5 Å². The van der Waals surface area contributed by atoms with E-state index in [0.717, 1.165) is 16.7 Å². The highest BCUT2D eigenvalue weighted by Gasteiger charge is 2.12. The van der Waals surface area contributed by atoms with Crippen molar-refractivity contribution in [2.45, 2.75) is 19.6 Å². The van der Waals surface area contributed by atoms with Gasteiger partial charge in [-0.1, -0.05) is 59.8 Å². The lowest BCUT2D eigenvalue weighted by molar-refractivity contribution is -0.118. The maximum absolute atomic E-state index is 12.3. The van der Waals surface area contributed by atoms with E-state index < -0.39 is 0 Å². The SMILES string of the molecule is CCOc1cc(C=NN=C(N)SCc2ccccc2)c(Br)cc1OCC(=O)Nc1ccc(C)cc1. The van der Waals surface area contributed by atoms with E-state index in [-0.39, 0.29) is 12.5 Å². The Hall–Kier alpha value is -3.30. The summed E-state index contributed by atoms with van der Waals surface area (Å²) in [6.07, 6.45) is 1.58. The Kier molecular flexibility index (Phi) is 10.2. The molecule has 7 nitrogen and oxygen atoms in total. The molecule has 9 heteroatoms. The number of nitrogens with two attached hydrogens (primary N) is 1. The first kappa shape index (κ1) is 26.3. The van der Waals surface area contributed by atoms with Crippen molar-refractivity contribution in [1.82, 2.24) is 0 Å². The summed E-state index contributed by atoms with van der Waals surface area (Å²) in [5.74, 6) is 1.39. The van der Waals surface area contributed by atoms with Gasteiger partial charge in [-0.15, -0.1) is 5.10 Å². The van der Waals surface area contributed by atoms with Crippen LogP contribution < -0.4 is 20.5 Å². The molecule has 35 heavy (non-hydrogen) atoms. The van der Waals surface area contributed by atoms with Gasteiger partial charge >= 0.3 is 0 Å². The zero-order valence-electron chi connectivity index (χ0n) is 19.5. The van der Waals surface area contributed by atoms with E-state index in [4.69, 9.17) is 15.2 Å². The van der Waals surface area contributed by atoms with Crippen LogP contribution in [-0.2, 0) is 10.5 Å². The number of nitrogens with zero attached hydrogens (tertiary/aromatic N) is 2. The van der Waals surface area contributed by atoms with Gasteiger partial charge in [0.15, 0.2) is 23.3 Å². The molecule has 0 spiro atoms. The predicted octanol–water partition coefficient (Wildman–Crippen LogP) is 5.76. The van der Waals surface area contributed by atoms with E-state index >= 15 is 0 Å². The summed E-state index contributed by atoms with van der Waals surface area (Å²) in [4.78, 5) is 12.3. The van der Waals surface area contributed by atoms with E-state index in [9.17, 15) is 4.79 Å². The Morgan fingerprint density at radius 2 is 1.80 bits per heavy atom. The van der Waals surface area contributed by atoms with Crippen LogP contribution in [0.1, 0.15) is 23.6 Å². The maximum Gasteiger partial charge on any atom is 0.262 e. The van der Waals surface area contributed by atoms with Crippen molar-refractivity contribution in [3.05, 3.63) is 87.9 Å². The zero-order chi connectivity index (χ0) is 25.0. The fourth-order valence-electron chi connectivity index (χ4n) is 2.92. The number of anilines is 1. The van der Waals surface area contributed by atoms with Gasteiger partial charge in [-0.2, -0.15) is 5.10 Å². The summed E-state index contributed by atoms with van der Waals surface area (Å²) in [6, 6.07) is 21.1. The average molecular weight is 555 g/mol. The Morgan fingerprint density at radius 3 is 2.51 bits per heavy atom. The van der Waals surface area contributed by atoms with Crippen LogP contribution in [0, 0.1) is 6.92 Å². The minimum absolute atomic E-state index is 0.159.